The van der Waals surface area contributed by atoms with E-state index in [4.69, 9.17) is 4.74 Å². The number of nitrogens with one attached hydrogen (secondary N) is 1. The molecule has 3 rings (SSSR count). The van der Waals surface area contributed by atoms with Gasteiger partial charge in [0.25, 0.3) is 0 Å². The van der Waals surface area contributed by atoms with Crippen LogP contribution in [0.2, 0.25) is 0 Å². The lowest BCUT2D eigenvalue weighted by atomic mass is 10.2. The van der Waals surface area contributed by atoms with Crippen LogP contribution < -0.4 is 0 Å². The largest absolute Gasteiger partial charge is 0.370 e. The first-order chi connectivity index (χ1) is 6.43. The average Bonchev–Trinajstić information content (AvgIpc) is 2.72. The van der Waals surface area contributed by atoms with Crippen molar-refractivity contribution in [3.05, 3.63) is 11.6 Å². The van der Waals surface area contributed by atoms with Crippen molar-refractivity contribution < 1.29 is 4.74 Å². The molecule has 13 heavy (non-hydrogen) atoms. The molecule has 1 aromatic heterocycles. The van der Waals surface area contributed by atoms with E-state index in [1.807, 2.05) is 0 Å². The van der Waals surface area contributed by atoms with Crippen LogP contribution in [0.15, 0.2) is 0 Å². The Kier molecular flexibility index (Phi) is 1.62. The topological polar surface area (TPSA) is 50.8 Å². The Hall–Kier alpha value is -0.900. The molecule has 0 spiro atoms. The first-order valence-corrected chi connectivity index (χ1v) is 4.97. The molecule has 0 bridgehead atoms. The molecule has 0 aromatic carbocycles. The molecule has 2 heterocycles. The fourth-order valence-corrected chi connectivity index (χ4v) is 1.75. The van der Waals surface area contributed by atoms with Crippen LogP contribution >= 0.6 is 0 Å². The summed E-state index contributed by atoms with van der Waals surface area (Å²) >= 11 is 0. The molecule has 1 aliphatic heterocycles. The summed E-state index contributed by atoms with van der Waals surface area (Å²) in [6, 6.07) is 0. The molecule has 2 aliphatic rings. The summed E-state index contributed by atoms with van der Waals surface area (Å²) in [5, 5.41) is 7.19. The van der Waals surface area contributed by atoms with Crippen molar-refractivity contribution in [3.63, 3.8) is 0 Å². The standard InChI is InChI=1S/C9H13N3O/c1-2-7(13-5-1)9-10-8(11-12-9)6-3-4-6/h6-7H,1-5H2,(H,10,11,12)/t7-/m0/s1. The Morgan fingerprint density at radius 1 is 1.31 bits per heavy atom. The van der Waals surface area contributed by atoms with Crippen LogP contribution in [-0.2, 0) is 4.74 Å². The number of nitrogens with zero attached hydrogens (tertiary/aromatic N) is 2. The second kappa shape index (κ2) is 2.80. The predicted octanol–water partition coefficient (Wildman–Crippen LogP) is 1.53. The highest BCUT2D eigenvalue weighted by atomic mass is 16.5. The SMILES string of the molecule is C1CO[C@H](c2nc(C3CC3)n[nH]2)C1. The maximum atomic E-state index is 5.52. The van der Waals surface area contributed by atoms with Crippen LogP contribution in [0.3, 0.4) is 0 Å². The quantitative estimate of drug-likeness (QED) is 0.749. The van der Waals surface area contributed by atoms with Gasteiger partial charge in [-0.05, 0) is 25.7 Å². The van der Waals surface area contributed by atoms with Gasteiger partial charge in [0.2, 0.25) is 0 Å². The number of rotatable bonds is 2. The zero-order valence-corrected chi connectivity index (χ0v) is 7.49. The van der Waals surface area contributed by atoms with Gasteiger partial charge < -0.3 is 4.74 Å². The average molecular weight is 179 g/mol. The number of H-pyrrole nitrogens is 1. The molecule has 0 amide bonds. The van der Waals surface area contributed by atoms with Crippen molar-refractivity contribution in [1.82, 2.24) is 15.2 Å². The van der Waals surface area contributed by atoms with Crippen LogP contribution in [0.5, 0.6) is 0 Å². The summed E-state index contributed by atoms with van der Waals surface area (Å²) in [5.41, 5.74) is 0. The van der Waals surface area contributed by atoms with Crippen molar-refractivity contribution >= 4 is 0 Å². The van der Waals surface area contributed by atoms with Crippen molar-refractivity contribution in [1.29, 1.82) is 0 Å². The number of aromatic amines is 1. The Morgan fingerprint density at radius 3 is 2.92 bits per heavy atom. The third-order valence-electron chi connectivity index (χ3n) is 2.70. The first-order valence-electron chi connectivity index (χ1n) is 4.97. The number of hydrogen-bond acceptors (Lipinski definition) is 3. The van der Waals surface area contributed by atoms with Crippen molar-refractivity contribution in [2.45, 2.75) is 37.7 Å². The summed E-state index contributed by atoms with van der Waals surface area (Å²) < 4.78 is 5.52. The van der Waals surface area contributed by atoms with Gasteiger partial charge in [0.1, 0.15) is 6.10 Å². The van der Waals surface area contributed by atoms with E-state index in [2.05, 4.69) is 15.2 Å². The number of ether oxygens (including phenoxy) is 1. The molecule has 1 aromatic rings. The van der Waals surface area contributed by atoms with Gasteiger partial charge in [0.15, 0.2) is 11.6 Å². The Labute approximate surface area is 76.7 Å². The van der Waals surface area contributed by atoms with E-state index in [9.17, 15) is 0 Å². The molecule has 0 radical (unpaired) electrons. The third kappa shape index (κ3) is 1.35. The molecule has 1 saturated heterocycles. The van der Waals surface area contributed by atoms with Crippen molar-refractivity contribution in [2.24, 2.45) is 0 Å². The minimum atomic E-state index is 0.181. The normalized spacial score (nSPS) is 28.2. The predicted molar refractivity (Wildman–Crippen MR) is 46.3 cm³/mol. The van der Waals surface area contributed by atoms with Crippen LogP contribution in [0, 0.1) is 0 Å². The highest BCUT2D eigenvalue weighted by Crippen LogP contribution is 2.38. The molecular weight excluding hydrogens is 166 g/mol. The first kappa shape index (κ1) is 7.50. The highest BCUT2D eigenvalue weighted by Gasteiger charge is 2.29. The van der Waals surface area contributed by atoms with Gasteiger partial charge in [-0.25, -0.2) is 4.98 Å². The van der Waals surface area contributed by atoms with E-state index in [0.29, 0.717) is 5.92 Å². The Balaban J connectivity index is 1.79. The van der Waals surface area contributed by atoms with Gasteiger partial charge in [-0.3, -0.25) is 5.10 Å². The third-order valence-corrected chi connectivity index (χ3v) is 2.70. The molecular formula is C9H13N3O. The molecule has 4 heteroatoms. The second-order valence-corrected chi connectivity index (χ2v) is 3.85. The molecule has 1 atom stereocenters. The summed E-state index contributed by atoms with van der Waals surface area (Å²) in [6.45, 7) is 0.865. The summed E-state index contributed by atoms with van der Waals surface area (Å²) in [6.07, 6.45) is 4.91. The van der Waals surface area contributed by atoms with E-state index in [1.165, 1.54) is 12.8 Å². The van der Waals surface area contributed by atoms with E-state index in [1.54, 1.807) is 0 Å². The molecule has 4 nitrogen and oxygen atoms in total. The van der Waals surface area contributed by atoms with E-state index in [0.717, 1.165) is 31.1 Å². The van der Waals surface area contributed by atoms with Crippen LogP contribution in [0.4, 0.5) is 0 Å². The zero-order valence-electron chi connectivity index (χ0n) is 7.49. The van der Waals surface area contributed by atoms with Gasteiger partial charge >= 0.3 is 0 Å². The zero-order chi connectivity index (χ0) is 8.67. The van der Waals surface area contributed by atoms with Crippen molar-refractivity contribution in [2.75, 3.05) is 6.61 Å². The van der Waals surface area contributed by atoms with E-state index < -0.39 is 0 Å². The molecule has 0 unspecified atom stereocenters. The lowest BCUT2D eigenvalue weighted by molar-refractivity contribution is 0.105. The Morgan fingerprint density at radius 2 is 2.23 bits per heavy atom. The minimum Gasteiger partial charge on any atom is -0.370 e. The second-order valence-electron chi connectivity index (χ2n) is 3.85. The number of hydrogen-bond donors (Lipinski definition) is 1. The van der Waals surface area contributed by atoms with E-state index >= 15 is 0 Å². The maximum absolute atomic E-state index is 5.52. The van der Waals surface area contributed by atoms with Gasteiger partial charge in [0.05, 0.1) is 0 Å². The lowest BCUT2D eigenvalue weighted by Crippen LogP contribution is -1.98. The van der Waals surface area contributed by atoms with Gasteiger partial charge in [-0.1, -0.05) is 0 Å². The van der Waals surface area contributed by atoms with Crippen LogP contribution in [0.1, 0.15) is 49.4 Å². The van der Waals surface area contributed by atoms with Gasteiger partial charge in [0, 0.05) is 12.5 Å². The fraction of sp³-hybridized carbons (Fsp3) is 0.778. The molecule has 1 N–H and O–H groups in total. The molecule has 1 saturated carbocycles. The van der Waals surface area contributed by atoms with Crippen LogP contribution in [-0.4, -0.2) is 21.8 Å². The smallest absolute Gasteiger partial charge is 0.153 e. The molecule has 1 aliphatic carbocycles. The van der Waals surface area contributed by atoms with E-state index in [-0.39, 0.29) is 6.10 Å². The van der Waals surface area contributed by atoms with Crippen LogP contribution in [0.25, 0.3) is 0 Å². The summed E-state index contributed by atoms with van der Waals surface area (Å²) in [4.78, 5) is 4.46. The summed E-state index contributed by atoms with van der Waals surface area (Å²) in [5.74, 6) is 2.55. The monoisotopic (exact) mass is 179 g/mol. The highest BCUT2D eigenvalue weighted by molar-refractivity contribution is 5.06. The number of aromatic nitrogens is 3. The van der Waals surface area contributed by atoms with Crippen molar-refractivity contribution in [3.8, 4) is 0 Å². The molecule has 2 fully saturated rings. The maximum Gasteiger partial charge on any atom is 0.153 e. The lowest BCUT2D eigenvalue weighted by Gasteiger charge is -2.02. The minimum absolute atomic E-state index is 0.181. The van der Waals surface area contributed by atoms with Gasteiger partial charge in [-0.2, -0.15) is 5.10 Å². The summed E-state index contributed by atoms with van der Waals surface area (Å²) in [7, 11) is 0. The fourth-order valence-electron chi connectivity index (χ4n) is 1.75. The molecule has 70 valence electrons. The van der Waals surface area contributed by atoms with Gasteiger partial charge in [-0.15, -0.1) is 0 Å². The Bertz CT molecular complexity index is 300.